The minimum atomic E-state index is 0.320. The van der Waals surface area contributed by atoms with Crippen molar-refractivity contribution in [1.29, 1.82) is 0 Å². The fourth-order valence-corrected chi connectivity index (χ4v) is 0.859. The lowest BCUT2D eigenvalue weighted by Crippen LogP contribution is -2.05. The second kappa shape index (κ2) is 8.09. The van der Waals surface area contributed by atoms with E-state index in [4.69, 9.17) is 11.6 Å². The lowest BCUT2D eigenvalue weighted by Gasteiger charge is -1.99. The van der Waals surface area contributed by atoms with Crippen LogP contribution >= 0.6 is 11.6 Å². The van der Waals surface area contributed by atoms with E-state index in [0.29, 0.717) is 5.38 Å². The van der Waals surface area contributed by atoms with Gasteiger partial charge in [-0.3, -0.25) is 0 Å². The van der Waals surface area contributed by atoms with Gasteiger partial charge in [-0.25, -0.2) is 0 Å². The van der Waals surface area contributed by atoms with E-state index in [1.165, 1.54) is 0 Å². The van der Waals surface area contributed by atoms with E-state index in [9.17, 15) is 0 Å². The number of halogens is 1. The zero-order chi connectivity index (χ0) is 8.53. The predicted octanol–water partition coefficient (Wildman–Crippen LogP) is 2.56. The van der Waals surface area contributed by atoms with Crippen LogP contribution in [0.2, 0.25) is 0 Å². The molecule has 66 valence electrons. The quantitative estimate of drug-likeness (QED) is 0.372. The first kappa shape index (κ1) is 11.0. The van der Waals surface area contributed by atoms with Gasteiger partial charge in [0, 0.05) is 5.38 Å². The highest BCUT2D eigenvalue weighted by Crippen LogP contribution is 2.06. The SMILES string of the molecule is CCC(Cl)C/C=C/CCNC. The molecular formula is C9H18ClN. The Morgan fingerprint density at radius 3 is 2.73 bits per heavy atom. The van der Waals surface area contributed by atoms with Crippen LogP contribution in [0.4, 0.5) is 0 Å². The van der Waals surface area contributed by atoms with E-state index in [1.807, 2.05) is 7.05 Å². The Labute approximate surface area is 74.8 Å². The van der Waals surface area contributed by atoms with Crippen LogP contribution in [0.5, 0.6) is 0 Å². The van der Waals surface area contributed by atoms with Crippen molar-refractivity contribution in [1.82, 2.24) is 5.32 Å². The molecule has 0 spiro atoms. The maximum absolute atomic E-state index is 5.91. The van der Waals surface area contributed by atoms with Crippen molar-refractivity contribution in [3.63, 3.8) is 0 Å². The third-order valence-electron chi connectivity index (χ3n) is 1.56. The maximum Gasteiger partial charge on any atom is 0.0367 e. The third kappa shape index (κ3) is 7.89. The van der Waals surface area contributed by atoms with Gasteiger partial charge in [-0.05, 0) is 32.9 Å². The van der Waals surface area contributed by atoms with Gasteiger partial charge in [-0.2, -0.15) is 0 Å². The molecule has 0 aliphatic heterocycles. The summed E-state index contributed by atoms with van der Waals surface area (Å²) in [5.41, 5.74) is 0. The van der Waals surface area contributed by atoms with Gasteiger partial charge in [0.15, 0.2) is 0 Å². The molecule has 11 heavy (non-hydrogen) atoms. The molecule has 0 saturated carbocycles. The largest absolute Gasteiger partial charge is 0.319 e. The minimum absolute atomic E-state index is 0.320. The summed E-state index contributed by atoms with van der Waals surface area (Å²) in [4.78, 5) is 0. The molecule has 0 saturated heterocycles. The van der Waals surface area contributed by atoms with Crippen molar-refractivity contribution in [2.75, 3.05) is 13.6 Å². The third-order valence-corrected chi connectivity index (χ3v) is 2.05. The standard InChI is InChI=1S/C9H18ClN/c1-3-9(10)7-5-4-6-8-11-2/h4-5,9,11H,3,6-8H2,1-2H3/b5-4+. The molecule has 0 aromatic rings. The Hall–Kier alpha value is -0.0100. The summed E-state index contributed by atoms with van der Waals surface area (Å²) >= 11 is 5.91. The molecule has 2 heteroatoms. The smallest absolute Gasteiger partial charge is 0.0367 e. The summed E-state index contributed by atoms with van der Waals surface area (Å²) in [6.07, 6.45) is 7.50. The molecule has 1 atom stereocenters. The van der Waals surface area contributed by atoms with Crippen LogP contribution in [0, 0.1) is 0 Å². The van der Waals surface area contributed by atoms with Gasteiger partial charge in [0.05, 0.1) is 0 Å². The lowest BCUT2D eigenvalue weighted by atomic mass is 10.2. The first-order chi connectivity index (χ1) is 5.31. The number of hydrogen-bond acceptors (Lipinski definition) is 1. The predicted molar refractivity (Wildman–Crippen MR) is 52.2 cm³/mol. The van der Waals surface area contributed by atoms with E-state index in [2.05, 4.69) is 24.4 Å². The molecule has 1 N–H and O–H groups in total. The van der Waals surface area contributed by atoms with E-state index in [0.717, 1.165) is 25.8 Å². The summed E-state index contributed by atoms with van der Waals surface area (Å²) < 4.78 is 0. The van der Waals surface area contributed by atoms with Crippen molar-refractivity contribution in [2.24, 2.45) is 0 Å². The molecule has 0 bridgehead atoms. The number of hydrogen-bond donors (Lipinski definition) is 1. The topological polar surface area (TPSA) is 12.0 Å². The Kier molecular flexibility index (Phi) is 8.08. The first-order valence-corrected chi connectivity index (χ1v) is 4.68. The van der Waals surface area contributed by atoms with E-state index < -0.39 is 0 Å². The van der Waals surface area contributed by atoms with E-state index in [1.54, 1.807) is 0 Å². The van der Waals surface area contributed by atoms with Gasteiger partial charge in [0.2, 0.25) is 0 Å². The molecule has 0 aliphatic rings. The van der Waals surface area contributed by atoms with E-state index in [-0.39, 0.29) is 0 Å². The van der Waals surface area contributed by atoms with Crippen molar-refractivity contribution >= 4 is 11.6 Å². The molecular weight excluding hydrogens is 158 g/mol. The van der Waals surface area contributed by atoms with Crippen molar-refractivity contribution < 1.29 is 0 Å². The second-order valence-corrected chi connectivity index (χ2v) is 3.22. The van der Waals surface area contributed by atoms with Crippen LogP contribution in [0.3, 0.4) is 0 Å². The highest BCUT2D eigenvalue weighted by molar-refractivity contribution is 6.20. The molecule has 0 radical (unpaired) electrons. The summed E-state index contributed by atoms with van der Waals surface area (Å²) in [7, 11) is 1.96. The van der Waals surface area contributed by atoms with Gasteiger partial charge >= 0.3 is 0 Å². The fourth-order valence-electron chi connectivity index (χ4n) is 0.756. The van der Waals surface area contributed by atoms with Crippen molar-refractivity contribution in [3.8, 4) is 0 Å². The van der Waals surface area contributed by atoms with Gasteiger partial charge < -0.3 is 5.32 Å². The Morgan fingerprint density at radius 1 is 1.45 bits per heavy atom. The second-order valence-electron chi connectivity index (χ2n) is 2.60. The average molecular weight is 176 g/mol. The molecule has 1 nitrogen and oxygen atoms in total. The minimum Gasteiger partial charge on any atom is -0.319 e. The molecule has 0 fully saturated rings. The molecule has 0 heterocycles. The van der Waals surface area contributed by atoms with Gasteiger partial charge in [-0.15, -0.1) is 11.6 Å². The molecule has 0 rings (SSSR count). The number of alkyl halides is 1. The maximum atomic E-state index is 5.91. The summed E-state index contributed by atoms with van der Waals surface area (Å²) in [5.74, 6) is 0. The number of allylic oxidation sites excluding steroid dienone is 1. The average Bonchev–Trinajstić information content (AvgIpc) is 2.04. The van der Waals surface area contributed by atoms with E-state index >= 15 is 0 Å². The Morgan fingerprint density at radius 2 is 2.18 bits per heavy atom. The molecule has 0 amide bonds. The molecule has 1 unspecified atom stereocenters. The monoisotopic (exact) mass is 175 g/mol. The zero-order valence-electron chi connectivity index (χ0n) is 7.44. The van der Waals surface area contributed by atoms with Gasteiger partial charge in [0.1, 0.15) is 0 Å². The molecule has 0 aliphatic carbocycles. The van der Waals surface area contributed by atoms with Crippen LogP contribution in [0.1, 0.15) is 26.2 Å². The number of rotatable bonds is 6. The summed E-state index contributed by atoms with van der Waals surface area (Å²) in [6.45, 7) is 3.16. The molecule has 0 aromatic carbocycles. The summed E-state index contributed by atoms with van der Waals surface area (Å²) in [6, 6.07) is 0. The van der Waals surface area contributed by atoms with Crippen LogP contribution in [0.25, 0.3) is 0 Å². The van der Waals surface area contributed by atoms with Crippen LogP contribution in [-0.4, -0.2) is 19.0 Å². The van der Waals surface area contributed by atoms with Gasteiger partial charge in [0.25, 0.3) is 0 Å². The van der Waals surface area contributed by atoms with Gasteiger partial charge in [-0.1, -0.05) is 19.1 Å². The summed E-state index contributed by atoms with van der Waals surface area (Å²) in [5, 5.41) is 3.41. The highest BCUT2D eigenvalue weighted by Gasteiger charge is 1.95. The van der Waals surface area contributed by atoms with Crippen molar-refractivity contribution in [3.05, 3.63) is 12.2 Å². The highest BCUT2D eigenvalue weighted by atomic mass is 35.5. The van der Waals surface area contributed by atoms with Crippen LogP contribution in [-0.2, 0) is 0 Å². The number of nitrogens with one attached hydrogen (secondary N) is 1. The first-order valence-electron chi connectivity index (χ1n) is 4.25. The Bertz CT molecular complexity index is 102. The fraction of sp³-hybridized carbons (Fsp3) is 0.778. The Balaban J connectivity index is 3.15. The lowest BCUT2D eigenvalue weighted by molar-refractivity contribution is 0.795. The van der Waals surface area contributed by atoms with Crippen molar-refractivity contribution in [2.45, 2.75) is 31.6 Å². The van der Waals surface area contributed by atoms with Crippen LogP contribution in [0.15, 0.2) is 12.2 Å². The molecule has 0 aromatic heterocycles. The zero-order valence-corrected chi connectivity index (χ0v) is 8.19. The van der Waals surface area contributed by atoms with Crippen LogP contribution < -0.4 is 5.32 Å². The normalized spacial score (nSPS) is 14.1.